The predicted octanol–water partition coefficient (Wildman–Crippen LogP) is 3.32. The first-order valence-electron chi connectivity index (χ1n) is 9.75. The van der Waals surface area contributed by atoms with Crippen molar-refractivity contribution in [2.75, 3.05) is 13.2 Å². The third kappa shape index (κ3) is 2.77. The summed E-state index contributed by atoms with van der Waals surface area (Å²) < 4.78 is 20.4. The molecule has 2 aromatic carbocycles. The first-order valence-corrected chi connectivity index (χ1v) is 10.1. The fraction of sp³-hybridized carbons (Fsp3) is 0.364. The summed E-state index contributed by atoms with van der Waals surface area (Å²) >= 11 is 6.09. The van der Waals surface area contributed by atoms with Crippen molar-refractivity contribution in [1.82, 2.24) is 9.80 Å². The maximum Gasteiger partial charge on any atom is 0.227 e. The summed E-state index contributed by atoms with van der Waals surface area (Å²) in [5, 5.41) is 0.234. The van der Waals surface area contributed by atoms with Crippen LogP contribution in [-0.2, 0) is 20.7 Å². The number of likely N-dealkylation sites (tertiary alicyclic amines) is 1. The number of carbonyl (C=O) groups is 2. The predicted molar refractivity (Wildman–Crippen MR) is 105 cm³/mol. The van der Waals surface area contributed by atoms with Gasteiger partial charge in [0, 0.05) is 23.6 Å². The topological polar surface area (TPSA) is 49.9 Å². The maximum absolute atomic E-state index is 14.1. The summed E-state index contributed by atoms with van der Waals surface area (Å²) in [5.41, 5.74) is 0.434. The average molecular weight is 415 g/mol. The van der Waals surface area contributed by atoms with Gasteiger partial charge in [-0.05, 0) is 17.7 Å². The van der Waals surface area contributed by atoms with Crippen molar-refractivity contribution in [3.8, 4) is 0 Å². The second kappa shape index (κ2) is 6.82. The first-order chi connectivity index (χ1) is 14.0. The second-order valence-electron chi connectivity index (χ2n) is 7.78. The van der Waals surface area contributed by atoms with Crippen LogP contribution >= 0.6 is 11.6 Å². The highest BCUT2D eigenvalue weighted by Gasteiger charge is 2.65. The summed E-state index contributed by atoms with van der Waals surface area (Å²) in [7, 11) is 0. The van der Waals surface area contributed by atoms with Gasteiger partial charge in [-0.3, -0.25) is 9.59 Å². The van der Waals surface area contributed by atoms with Crippen molar-refractivity contribution in [3.63, 3.8) is 0 Å². The van der Waals surface area contributed by atoms with Gasteiger partial charge in [-0.2, -0.15) is 0 Å². The smallest absolute Gasteiger partial charge is 0.227 e. The van der Waals surface area contributed by atoms with Gasteiger partial charge >= 0.3 is 0 Å². The Bertz CT molecular complexity index is 965. The van der Waals surface area contributed by atoms with Crippen LogP contribution in [0.15, 0.2) is 48.5 Å². The van der Waals surface area contributed by atoms with Crippen LogP contribution in [0, 0.1) is 5.82 Å². The first kappa shape index (κ1) is 18.6. The van der Waals surface area contributed by atoms with E-state index >= 15 is 0 Å². The molecule has 3 heterocycles. The van der Waals surface area contributed by atoms with Gasteiger partial charge in [-0.15, -0.1) is 0 Å². The van der Waals surface area contributed by atoms with E-state index < -0.39 is 11.5 Å². The van der Waals surface area contributed by atoms with Gasteiger partial charge < -0.3 is 14.5 Å². The van der Waals surface area contributed by atoms with E-state index in [4.69, 9.17) is 16.3 Å². The molecule has 2 amide bonds. The van der Waals surface area contributed by atoms with E-state index in [1.165, 1.54) is 12.1 Å². The summed E-state index contributed by atoms with van der Waals surface area (Å²) in [5.74, 6) is -0.742. The van der Waals surface area contributed by atoms with Crippen LogP contribution in [0.3, 0.4) is 0 Å². The number of amides is 2. The lowest BCUT2D eigenvalue weighted by Gasteiger charge is -2.33. The average Bonchev–Trinajstić information content (AvgIpc) is 3.34. The zero-order chi connectivity index (χ0) is 20.2. The van der Waals surface area contributed by atoms with Crippen molar-refractivity contribution in [2.45, 2.75) is 37.1 Å². The highest BCUT2D eigenvalue weighted by molar-refractivity contribution is 6.31. The van der Waals surface area contributed by atoms with Crippen LogP contribution < -0.4 is 0 Å². The molecule has 1 spiro atoms. The summed E-state index contributed by atoms with van der Waals surface area (Å²) in [6.07, 6.45) is 0.651. The van der Waals surface area contributed by atoms with E-state index in [1.807, 2.05) is 35.2 Å². The quantitative estimate of drug-likeness (QED) is 0.774. The molecule has 29 heavy (non-hydrogen) atoms. The molecule has 3 fully saturated rings. The highest BCUT2D eigenvalue weighted by Crippen LogP contribution is 2.51. The van der Waals surface area contributed by atoms with Gasteiger partial charge in [0.25, 0.3) is 0 Å². The molecule has 3 aliphatic rings. The Balaban J connectivity index is 1.41. The van der Waals surface area contributed by atoms with Crippen LogP contribution in [0.25, 0.3) is 0 Å². The molecule has 7 heteroatoms. The van der Waals surface area contributed by atoms with Crippen LogP contribution in [0.4, 0.5) is 4.39 Å². The third-order valence-electron chi connectivity index (χ3n) is 6.35. The lowest BCUT2D eigenvalue weighted by molar-refractivity contribution is -0.141. The van der Waals surface area contributed by atoms with Crippen molar-refractivity contribution in [1.29, 1.82) is 0 Å². The number of halogens is 2. The van der Waals surface area contributed by atoms with E-state index in [0.29, 0.717) is 19.6 Å². The van der Waals surface area contributed by atoms with Crippen molar-refractivity contribution >= 4 is 23.4 Å². The normalized spacial score (nSPS) is 28.0. The van der Waals surface area contributed by atoms with Crippen LogP contribution in [0.5, 0.6) is 0 Å². The molecule has 3 saturated heterocycles. The SMILES string of the molecule is O=C(Cc1c(F)cccc1Cl)N1CC[C@@]23OC[C@@H](c4ccccc4)N2C(=O)C[C@@H]13. The van der Waals surface area contributed by atoms with Gasteiger partial charge in [-0.25, -0.2) is 4.39 Å². The Kier molecular flexibility index (Phi) is 4.37. The molecule has 0 bridgehead atoms. The summed E-state index contributed by atoms with van der Waals surface area (Å²) in [6.45, 7) is 0.883. The molecular weight excluding hydrogens is 395 g/mol. The van der Waals surface area contributed by atoms with Crippen molar-refractivity contribution in [3.05, 3.63) is 70.5 Å². The molecule has 0 unspecified atom stereocenters. The Labute approximate surface area is 173 Å². The second-order valence-corrected chi connectivity index (χ2v) is 8.19. The molecule has 0 radical (unpaired) electrons. The monoisotopic (exact) mass is 414 g/mol. The molecule has 5 nitrogen and oxygen atoms in total. The number of hydrogen-bond acceptors (Lipinski definition) is 3. The Morgan fingerprint density at radius 3 is 2.76 bits per heavy atom. The van der Waals surface area contributed by atoms with Gasteiger partial charge in [0.05, 0.1) is 31.5 Å². The molecular formula is C22H20ClFN2O3. The molecule has 3 atom stereocenters. The minimum atomic E-state index is -0.785. The van der Waals surface area contributed by atoms with Gasteiger partial charge in [0.2, 0.25) is 11.8 Å². The molecule has 0 saturated carbocycles. The van der Waals surface area contributed by atoms with Crippen LogP contribution in [0.2, 0.25) is 5.02 Å². The van der Waals surface area contributed by atoms with E-state index in [0.717, 1.165) is 5.56 Å². The van der Waals surface area contributed by atoms with E-state index in [2.05, 4.69) is 0 Å². The number of rotatable bonds is 3. The number of benzene rings is 2. The van der Waals surface area contributed by atoms with Crippen LogP contribution in [0.1, 0.15) is 30.0 Å². The van der Waals surface area contributed by atoms with E-state index in [9.17, 15) is 14.0 Å². The number of hydrogen-bond donors (Lipinski definition) is 0. The fourth-order valence-electron chi connectivity index (χ4n) is 5.02. The zero-order valence-electron chi connectivity index (χ0n) is 15.7. The zero-order valence-corrected chi connectivity index (χ0v) is 16.4. The van der Waals surface area contributed by atoms with Gasteiger partial charge in [-0.1, -0.05) is 48.0 Å². The lowest BCUT2D eigenvalue weighted by Crippen LogP contribution is -2.49. The molecule has 150 valence electrons. The number of carbonyl (C=O) groups excluding carboxylic acids is 2. The maximum atomic E-state index is 14.1. The fourth-order valence-corrected chi connectivity index (χ4v) is 5.25. The largest absolute Gasteiger partial charge is 0.351 e. The van der Waals surface area contributed by atoms with Crippen LogP contribution in [-0.4, -0.2) is 46.5 Å². The Hall–Kier alpha value is -2.44. The summed E-state index contributed by atoms with van der Waals surface area (Å²) in [6, 6.07) is 13.7. The molecule has 5 rings (SSSR count). The minimum Gasteiger partial charge on any atom is -0.351 e. The third-order valence-corrected chi connectivity index (χ3v) is 6.70. The molecule has 2 aromatic rings. The Morgan fingerprint density at radius 1 is 1.21 bits per heavy atom. The van der Waals surface area contributed by atoms with Crippen molar-refractivity contribution < 1.29 is 18.7 Å². The Morgan fingerprint density at radius 2 is 2.00 bits per heavy atom. The molecule has 0 aliphatic carbocycles. The summed E-state index contributed by atoms with van der Waals surface area (Å²) in [4.78, 5) is 29.4. The van der Waals surface area contributed by atoms with Crippen molar-refractivity contribution in [2.24, 2.45) is 0 Å². The minimum absolute atomic E-state index is 0.0113. The van der Waals surface area contributed by atoms with E-state index in [1.54, 1.807) is 11.0 Å². The lowest BCUT2D eigenvalue weighted by atomic mass is 10.0. The molecule has 0 aromatic heterocycles. The number of ether oxygens (including phenoxy) is 1. The molecule has 0 N–H and O–H groups in total. The number of nitrogens with zero attached hydrogens (tertiary/aromatic N) is 2. The standard InChI is InChI=1S/C22H20ClFN2O3/c23-16-7-4-8-17(24)15(16)11-20(27)25-10-9-22-19(25)12-21(28)26(22)18(13-29-22)14-5-2-1-3-6-14/h1-8,18-19H,9-13H2/t18-,19+,22-/m0/s1. The molecule has 3 aliphatic heterocycles. The van der Waals surface area contributed by atoms with Gasteiger partial charge in [0.1, 0.15) is 5.82 Å². The van der Waals surface area contributed by atoms with E-state index in [-0.39, 0.29) is 47.3 Å². The highest BCUT2D eigenvalue weighted by atomic mass is 35.5. The van der Waals surface area contributed by atoms with Gasteiger partial charge in [0.15, 0.2) is 5.72 Å².